The molecule has 4 rings (SSSR count). The van der Waals surface area contributed by atoms with E-state index in [1.54, 1.807) is 17.9 Å². The van der Waals surface area contributed by atoms with Gasteiger partial charge in [-0.3, -0.25) is 19.7 Å². The molecular weight excluding hydrogens is 384 g/mol. The molecule has 1 unspecified atom stereocenters. The van der Waals surface area contributed by atoms with Crippen LogP contribution in [0.2, 0.25) is 0 Å². The van der Waals surface area contributed by atoms with E-state index in [0.717, 1.165) is 11.1 Å². The van der Waals surface area contributed by atoms with E-state index in [1.807, 2.05) is 37.3 Å². The lowest BCUT2D eigenvalue weighted by atomic mass is 9.79. The Bertz CT molecular complexity index is 1070. The normalized spacial score (nSPS) is 22.0. The second-order valence-electron chi connectivity index (χ2n) is 8.09. The molecule has 0 radical (unpaired) electrons. The largest absolute Gasteiger partial charge is 0.338 e. The number of rotatable bonds is 3. The van der Waals surface area contributed by atoms with Gasteiger partial charge in [0.05, 0.1) is 0 Å². The van der Waals surface area contributed by atoms with Crippen molar-refractivity contribution in [3.63, 3.8) is 0 Å². The molecule has 0 saturated carbocycles. The lowest BCUT2D eigenvalue weighted by Crippen LogP contribution is -2.54. The number of benzene rings is 1. The molecule has 2 aliphatic rings. The van der Waals surface area contributed by atoms with Crippen LogP contribution in [-0.2, 0) is 4.79 Å². The molecule has 1 aromatic carbocycles. The average molecular weight is 408 g/mol. The monoisotopic (exact) mass is 408 g/mol. The second-order valence-corrected chi connectivity index (χ2v) is 8.09. The van der Waals surface area contributed by atoms with Crippen LogP contribution in [-0.4, -0.2) is 46.4 Å². The number of imide groups is 1. The smallest absolute Gasteiger partial charge is 0.322 e. The fraction of sp³-hybridized carbons (Fsp3) is 0.364. The maximum atomic E-state index is 13.1. The Morgan fingerprint density at radius 2 is 1.77 bits per heavy atom. The second kappa shape index (κ2) is 7.44. The minimum Gasteiger partial charge on any atom is -0.338 e. The number of aromatic amines is 1. The molecule has 2 aromatic rings. The van der Waals surface area contributed by atoms with Gasteiger partial charge in [-0.15, -0.1) is 0 Å². The van der Waals surface area contributed by atoms with Crippen LogP contribution in [0.5, 0.6) is 0 Å². The Hall–Kier alpha value is -3.42. The highest BCUT2D eigenvalue weighted by Gasteiger charge is 2.48. The molecule has 2 fully saturated rings. The van der Waals surface area contributed by atoms with Crippen LogP contribution in [0.15, 0.2) is 41.2 Å². The summed E-state index contributed by atoms with van der Waals surface area (Å²) < 4.78 is 0. The summed E-state index contributed by atoms with van der Waals surface area (Å²) in [5.41, 5.74) is 1.18. The van der Waals surface area contributed by atoms with Crippen LogP contribution in [0, 0.1) is 12.8 Å². The van der Waals surface area contributed by atoms with Crippen molar-refractivity contribution in [1.82, 2.24) is 20.5 Å². The van der Waals surface area contributed by atoms with Gasteiger partial charge in [-0.25, -0.2) is 4.79 Å². The Morgan fingerprint density at radius 3 is 2.37 bits per heavy atom. The molecule has 3 N–H and O–H groups in total. The Balaban J connectivity index is 1.53. The predicted octanol–water partition coefficient (Wildman–Crippen LogP) is 1.80. The van der Waals surface area contributed by atoms with Crippen LogP contribution in [0.1, 0.15) is 35.8 Å². The van der Waals surface area contributed by atoms with E-state index in [-0.39, 0.29) is 23.3 Å². The highest BCUT2D eigenvalue weighted by atomic mass is 16.2. The van der Waals surface area contributed by atoms with Crippen LogP contribution in [0.25, 0.3) is 11.1 Å². The van der Waals surface area contributed by atoms with Gasteiger partial charge in [-0.1, -0.05) is 30.3 Å². The number of nitrogens with one attached hydrogen (secondary N) is 3. The highest BCUT2D eigenvalue weighted by Crippen LogP contribution is 2.31. The number of aryl methyl sites for hydroxylation is 1. The highest BCUT2D eigenvalue weighted by molar-refractivity contribution is 6.07. The third kappa shape index (κ3) is 3.38. The zero-order valence-electron chi connectivity index (χ0n) is 17.0. The number of pyridine rings is 1. The van der Waals surface area contributed by atoms with E-state index >= 15 is 0 Å². The summed E-state index contributed by atoms with van der Waals surface area (Å²) in [6.07, 6.45) is 1.12. The van der Waals surface area contributed by atoms with E-state index in [2.05, 4.69) is 15.6 Å². The first-order valence-electron chi connectivity index (χ1n) is 10.0. The van der Waals surface area contributed by atoms with Crippen molar-refractivity contribution in [1.29, 1.82) is 0 Å². The molecule has 2 aliphatic heterocycles. The van der Waals surface area contributed by atoms with Crippen molar-refractivity contribution in [2.45, 2.75) is 32.2 Å². The lowest BCUT2D eigenvalue weighted by Gasteiger charge is -2.38. The Labute approximate surface area is 173 Å². The van der Waals surface area contributed by atoms with Crippen molar-refractivity contribution in [2.75, 3.05) is 13.1 Å². The van der Waals surface area contributed by atoms with Crippen molar-refractivity contribution in [3.05, 3.63) is 58.0 Å². The number of H-pyrrole nitrogens is 1. The molecule has 4 amide bonds. The zero-order chi connectivity index (χ0) is 21.5. The van der Waals surface area contributed by atoms with Gasteiger partial charge in [0.15, 0.2) is 0 Å². The van der Waals surface area contributed by atoms with Crippen molar-refractivity contribution in [3.8, 4) is 11.1 Å². The van der Waals surface area contributed by atoms with Gasteiger partial charge in [0, 0.05) is 24.3 Å². The van der Waals surface area contributed by atoms with Crippen molar-refractivity contribution >= 4 is 17.8 Å². The number of carbonyl (C=O) groups is 3. The minimum atomic E-state index is -0.964. The SMILES string of the molecule is Cc1[nH]c(=O)c(C(=O)N2CCC(C3(C)NC(=O)NC3=O)CC2)cc1-c1ccccc1. The van der Waals surface area contributed by atoms with Crippen LogP contribution < -0.4 is 16.2 Å². The fourth-order valence-corrected chi connectivity index (χ4v) is 4.37. The molecule has 3 heterocycles. The van der Waals surface area contributed by atoms with Crippen LogP contribution in [0.4, 0.5) is 4.79 Å². The number of hydrogen-bond acceptors (Lipinski definition) is 4. The quantitative estimate of drug-likeness (QED) is 0.673. The first kappa shape index (κ1) is 19.9. The predicted molar refractivity (Wildman–Crippen MR) is 111 cm³/mol. The number of carbonyl (C=O) groups excluding carboxylic acids is 3. The summed E-state index contributed by atoms with van der Waals surface area (Å²) in [4.78, 5) is 53.7. The van der Waals surface area contributed by atoms with E-state index in [1.165, 1.54) is 0 Å². The van der Waals surface area contributed by atoms with E-state index < -0.39 is 17.1 Å². The summed E-state index contributed by atoms with van der Waals surface area (Å²) in [6.45, 7) is 4.35. The Morgan fingerprint density at radius 1 is 1.10 bits per heavy atom. The van der Waals surface area contributed by atoms with Gasteiger partial charge in [-0.2, -0.15) is 0 Å². The maximum absolute atomic E-state index is 13.1. The first-order chi connectivity index (χ1) is 14.3. The van der Waals surface area contributed by atoms with Gasteiger partial charge in [0.1, 0.15) is 11.1 Å². The third-order valence-corrected chi connectivity index (χ3v) is 6.22. The number of urea groups is 1. The summed E-state index contributed by atoms with van der Waals surface area (Å²) in [7, 11) is 0. The maximum Gasteiger partial charge on any atom is 0.322 e. The fourth-order valence-electron chi connectivity index (χ4n) is 4.37. The Kier molecular flexibility index (Phi) is 4.93. The van der Waals surface area contributed by atoms with E-state index in [9.17, 15) is 19.2 Å². The molecule has 156 valence electrons. The topological polar surface area (TPSA) is 111 Å². The standard InChI is InChI=1S/C22H24N4O4/c1-13-16(14-6-4-3-5-7-14)12-17(18(27)23-13)19(28)26-10-8-15(9-11-26)22(2)20(29)24-21(30)25-22/h3-7,12,15H,8-11H2,1-2H3,(H,23,27)(H2,24,25,29,30). The molecule has 8 heteroatoms. The van der Waals surface area contributed by atoms with Gasteiger partial charge in [0.25, 0.3) is 17.4 Å². The van der Waals surface area contributed by atoms with Crippen molar-refractivity contribution in [2.24, 2.45) is 5.92 Å². The molecule has 1 aromatic heterocycles. The molecule has 8 nitrogen and oxygen atoms in total. The van der Waals surface area contributed by atoms with Crippen LogP contribution >= 0.6 is 0 Å². The number of likely N-dealkylation sites (tertiary alicyclic amines) is 1. The molecule has 0 aliphatic carbocycles. The summed E-state index contributed by atoms with van der Waals surface area (Å²) in [5.74, 6) is -0.735. The number of aromatic nitrogens is 1. The summed E-state index contributed by atoms with van der Waals surface area (Å²) in [6, 6.07) is 10.8. The first-order valence-corrected chi connectivity index (χ1v) is 10.0. The molecule has 0 bridgehead atoms. The third-order valence-electron chi connectivity index (χ3n) is 6.22. The zero-order valence-corrected chi connectivity index (χ0v) is 17.0. The minimum absolute atomic E-state index is 0.0795. The van der Waals surface area contributed by atoms with Gasteiger partial charge in [0.2, 0.25) is 0 Å². The van der Waals surface area contributed by atoms with Gasteiger partial charge >= 0.3 is 6.03 Å². The molecular formula is C22H24N4O4. The molecule has 2 saturated heterocycles. The van der Waals surface area contributed by atoms with E-state index in [0.29, 0.717) is 31.6 Å². The molecule has 1 atom stereocenters. The number of piperidine rings is 1. The average Bonchev–Trinajstić information content (AvgIpc) is 3.01. The summed E-state index contributed by atoms with van der Waals surface area (Å²) >= 11 is 0. The lowest BCUT2D eigenvalue weighted by molar-refractivity contribution is -0.125. The molecule has 0 spiro atoms. The van der Waals surface area contributed by atoms with Gasteiger partial charge < -0.3 is 15.2 Å². The number of amides is 4. The van der Waals surface area contributed by atoms with E-state index in [4.69, 9.17) is 0 Å². The number of hydrogen-bond donors (Lipinski definition) is 3. The molecule has 30 heavy (non-hydrogen) atoms. The van der Waals surface area contributed by atoms with Gasteiger partial charge in [-0.05, 0) is 44.2 Å². The summed E-state index contributed by atoms with van der Waals surface area (Å²) in [5, 5.41) is 4.99. The van der Waals surface area contributed by atoms with Crippen molar-refractivity contribution < 1.29 is 14.4 Å². The number of nitrogens with zero attached hydrogens (tertiary/aromatic N) is 1. The van der Waals surface area contributed by atoms with Crippen LogP contribution in [0.3, 0.4) is 0 Å².